The summed E-state index contributed by atoms with van der Waals surface area (Å²) in [6.07, 6.45) is 0.413. The van der Waals surface area contributed by atoms with Crippen LogP contribution in [0.2, 0.25) is 0 Å². The van der Waals surface area contributed by atoms with Gasteiger partial charge in [0.2, 0.25) is 3.79 Å². The average Bonchev–Trinajstić information content (AvgIpc) is 1.99. The Morgan fingerprint density at radius 2 is 1.83 bits per heavy atom. The molecule has 0 radical (unpaired) electrons. The van der Waals surface area contributed by atoms with E-state index in [4.69, 9.17) is 34.8 Å². The molecule has 1 atom stereocenters. The molecule has 2 nitrogen and oxygen atoms in total. The third kappa shape index (κ3) is 2.18. The van der Waals surface area contributed by atoms with Crippen LogP contribution in [0.5, 0.6) is 0 Å². The SMILES string of the molecule is CCC(C)(C(=O)OC)C(Cl)(Cl)Cl. The second-order valence-corrected chi connectivity index (χ2v) is 4.96. The lowest BCUT2D eigenvalue weighted by Gasteiger charge is -2.31. The van der Waals surface area contributed by atoms with Crippen molar-refractivity contribution in [3.63, 3.8) is 0 Å². The molecule has 0 aromatic rings. The molecule has 0 saturated heterocycles. The predicted molar refractivity (Wildman–Crippen MR) is 50.7 cm³/mol. The number of alkyl halides is 3. The van der Waals surface area contributed by atoms with Crippen LogP contribution in [-0.2, 0) is 9.53 Å². The number of halogens is 3. The highest BCUT2D eigenvalue weighted by Gasteiger charge is 2.50. The highest BCUT2D eigenvalue weighted by atomic mass is 35.6. The number of ether oxygens (including phenoxy) is 1. The Balaban J connectivity index is 4.80. The van der Waals surface area contributed by atoms with Crippen LogP contribution in [0.4, 0.5) is 0 Å². The van der Waals surface area contributed by atoms with E-state index < -0.39 is 15.2 Å². The summed E-state index contributed by atoms with van der Waals surface area (Å²) in [6.45, 7) is 3.32. The minimum Gasteiger partial charge on any atom is -0.468 e. The van der Waals surface area contributed by atoms with E-state index in [0.29, 0.717) is 6.42 Å². The van der Waals surface area contributed by atoms with Crippen molar-refractivity contribution >= 4 is 40.8 Å². The van der Waals surface area contributed by atoms with Gasteiger partial charge in [0.25, 0.3) is 0 Å². The van der Waals surface area contributed by atoms with Gasteiger partial charge in [-0.2, -0.15) is 0 Å². The van der Waals surface area contributed by atoms with E-state index in [9.17, 15) is 4.79 Å². The van der Waals surface area contributed by atoms with Gasteiger partial charge < -0.3 is 4.74 Å². The first-order valence-corrected chi connectivity index (χ1v) is 4.58. The Morgan fingerprint density at radius 3 is 1.92 bits per heavy atom. The molecule has 0 rings (SSSR count). The van der Waals surface area contributed by atoms with Crippen LogP contribution >= 0.6 is 34.8 Å². The predicted octanol–water partition coefficient (Wildman–Crippen LogP) is 2.95. The standard InChI is InChI=1S/C7H11Cl3O2/c1-4-6(2,5(11)12-3)7(8,9)10/h4H2,1-3H3. The van der Waals surface area contributed by atoms with Crippen molar-refractivity contribution in [2.45, 2.75) is 24.1 Å². The molecule has 0 aliphatic heterocycles. The van der Waals surface area contributed by atoms with Crippen LogP contribution in [-0.4, -0.2) is 16.9 Å². The third-order valence-corrected chi connectivity index (χ3v) is 3.22. The molecule has 5 heteroatoms. The van der Waals surface area contributed by atoms with E-state index in [2.05, 4.69) is 4.74 Å². The second kappa shape index (κ2) is 4.03. The van der Waals surface area contributed by atoms with Crippen molar-refractivity contribution < 1.29 is 9.53 Å². The van der Waals surface area contributed by atoms with Crippen molar-refractivity contribution in [3.05, 3.63) is 0 Å². The van der Waals surface area contributed by atoms with Gasteiger partial charge in [0.1, 0.15) is 5.41 Å². The molecule has 1 unspecified atom stereocenters. The Morgan fingerprint density at radius 1 is 1.42 bits per heavy atom. The Kier molecular flexibility index (Phi) is 4.15. The van der Waals surface area contributed by atoms with E-state index >= 15 is 0 Å². The summed E-state index contributed by atoms with van der Waals surface area (Å²) >= 11 is 16.9. The number of esters is 1. The highest BCUT2D eigenvalue weighted by molar-refractivity contribution is 6.68. The number of hydrogen-bond acceptors (Lipinski definition) is 2. The minimum absolute atomic E-state index is 0.413. The summed E-state index contributed by atoms with van der Waals surface area (Å²) < 4.78 is 2.91. The quantitative estimate of drug-likeness (QED) is 0.541. The largest absolute Gasteiger partial charge is 0.468 e. The van der Waals surface area contributed by atoms with Crippen LogP contribution in [0.25, 0.3) is 0 Å². The van der Waals surface area contributed by atoms with Gasteiger partial charge in [-0.15, -0.1) is 0 Å². The monoisotopic (exact) mass is 232 g/mol. The maximum atomic E-state index is 11.2. The zero-order valence-electron chi connectivity index (χ0n) is 7.16. The first-order valence-electron chi connectivity index (χ1n) is 3.44. The molecule has 0 aliphatic rings. The van der Waals surface area contributed by atoms with Crippen molar-refractivity contribution in [2.24, 2.45) is 5.41 Å². The van der Waals surface area contributed by atoms with Crippen LogP contribution in [0.3, 0.4) is 0 Å². The van der Waals surface area contributed by atoms with Gasteiger partial charge in [-0.1, -0.05) is 41.7 Å². The fourth-order valence-corrected chi connectivity index (χ4v) is 1.32. The van der Waals surface area contributed by atoms with Gasteiger partial charge in [0.15, 0.2) is 0 Å². The number of carbonyl (C=O) groups excluding carboxylic acids is 1. The molecule has 0 aromatic carbocycles. The summed E-state index contributed by atoms with van der Waals surface area (Å²) in [5.74, 6) is -0.509. The van der Waals surface area contributed by atoms with Gasteiger partial charge in [-0.3, -0.25) is 4.79 Å². The molecule has 0 fully saturated rings. The Bertz CT molecular complexity index is 176. The van der Waals surface area contributed by atoms with Crippen molar-refractivity contribution in [2.75, 3.05) is 7.11 Å². The fourth-order valence-electron chi connectivity index (χ4n) is 0.686. The summed E-state index contributed by atoms with van der Waals surface area (Å²) in [5.41, 5.74) is -1.08. The fraction of sp³-hybridized carbons (Fsp3) is 0.857. The lowest BCUT2D eigenvalue weighted by atomic mass is 9.89. The maximum Gasteiger partial charge on any atom is 0.315 e. The molecular weight excluding hydrogens is 222 g/mol. The van der Waals surface area contributed by atoms with Gasteiger partial charge in [0, 0.05) is 0 Å². The molecular formula is C7H11Cl3O2. The second-order valence-electron chi connectivity index (χ2n) is 2.68. The molecule has 0 aliphatic carbocycles. The molecule has 0 amide bonds. The highest BCUT2D eigenvalue weighted by Crippen LogP contribution is 2.47. The Hall–Kier alpha value is 0.340. The minimum atomic E-state index is -1.63. The molecule has 72 valence electrons. The van der Waals surface area contributed by atoms with Crippen molar-refractivity contribution in [3.8, 4) is 0 Å². The van der Waals surface area contributed by atoms with E-state index in [0.717, 1.165) is 0 Å². The van der Waals surface area contributed by atoms with Crippen molar-refractivity contribution in [1.29, 1.82) is 0 Å². The van der Waals surface area contributed by atoms with Gasteiger partial charge in [-0.25, -0.2) is 0 Å². The van der Waals surface area contributed by atoms with Crippen LogP contribution in [0.1, 0.15) is 20.3 Å². The van der Waals surface area contributed by atoms with E-state index in [-0.39, 0.29) is 0 Å². The first-order chi connectivity index (χ1) is 5.29. The van der Waals surface area contributed by atoms with Gasteiger partial charge >= 0.3 is 5.97 Å². The number of methoxy groups -OCH3 is 1. The summed E-state index contributed by atoms with van der Waals surface area (Å²) in [6, 6.07) is 0. The van der Waals surface area contributed by atoms with Crippen LogP contribution in [0, 0.1) is 5.41 Å². The lowest BCUT2D eigenvalue weighted by Crippen LogP contribution is -2.40. The van der Waals surface area contributed by atoms with E-state index in [1.165, 1.54) is 7.11 Å². The van der Waals surface area contributed by atoms with Crippen LogP contribution < -0.4 is 0 Å². The average molecular weight is 234 g/mol. The van der Waals surface area contributed by atoms with Gasteiger partial charge in [0.05, 0.1) is 7.11 Å². The van der Waals surface area contributed by atoms with E-state index in [1.54, 1.807) is 13.8 Å². The number of hydrogen-bond donors (Lipinski definition) is 0. The topological polar surface area (TPSA) is 26.3 Å². The normalized spacial score (nSPS) is 16.8. The summed E-state index contributed by atoms with van der Waals surface area (Å²) in [5, 5.41) is 0. The molecule has 12 heavy (non-hydrogen) atoms. The number of rotatable bonds is 2. The third-order valence-electron chi connectivity index (χ3n) is 1.97. The zero-order chi connectivity index (χ0) is 9.99. The molecule has 0 bridgehead atoms. The molecule has 0 spiro atoms. The molecule has 0 heterocycles. The first kappa shape index (κ1) is 12.3. The van der Waals surface area contributed by atoms with Crippen molar-refractivity contribution in [1.82, 2.24) is 0 Å². The summed E-state index contributed by atoms with van der Waals surface area (Å²) in [4.78, 5) is 11.2. The zero-order valence-corrected chi connectivity index (χ0v) is 9.43. The summed E-state index contributed by atoms with van der Waals surface area (Å²) in [7, 11) is 1.27. The van der Waals surface area contributed by atoms with Crippen LogP contribution in [0.15, 0.2) is 0 Å². The van der Waals surface area contributed by atoms with Gasteiger partial charge in [-0.05, 0) is 13.3 Å². The molecule has 0 N–H and O–H groups in total. The Labute approximate surface area is 87.1 Å². The van der Waals surface area contributed by atoms with E-state index in [1.807, 2.05) is 0 Å². The maximum absolute atomic E-state index is 11.2. The molecule has 0 aromatic heterocycles. The lowest BCUT2D eigenvalue weighted by molar-refractivity contribution is -0.151. The number of carbonyl (C=O) groups is 1. The molecule has 0 saturated carbocycles. The smallest absolute Gasteiger partial charge is 0.315 e.